The fourth-order valence-electron chi connectivity index (χ4n) is 2.80. The monoisotopic (exact) mass is 345 g/mol. The van der Waals surface area contributed by atoms with Crippen molar-refractivity contribution >= 4 is 34.0 Å². The molecule has 3 heterocycles. The van der Waals surface area contributed by atoms with Crippen LogP contribution >= 0.6 is 11.3 Å². The summed E-state index contributed by atoms with van der Waals surface area (Å²) in [6, 6.07) is 5.34. The van der Waals surface area contributed by atoms with E-state index in [2.05, 4.69) is 10.3 Å². The number of thiazole rings is 1. The van der Waals surface area contributed by atoms with Crippen LogP contribution in [0.4, 0.5) is 10.8 Å². The fourth-order valence-corrected chi connectivity index (χ4v) is 3.50. The lowest BCUT2D eigenvalue weighted by Crippen LogP contribution is -2.28. The van der Waals surface area contributed by atoms with E-state index >= 15 is 0 Å². The molecule has 1 aromatic heterocycles. The summed E-state index contributed by atoms with van der Waals surface area (Å²) < 4.78 is 10.6. The molecule has 0 aliphatic carbocycles. The maximum absolute atomic E-state index is 12.4. The highest BCUT2D eigenvalue weighted by Crippen LogP contribution is 2.37. The number of nitrogens with zero attached hydrogens (tertiary/aromatic N) is 2. The second-order valence-electron chi connectivity index (χ2n) is 5.73. The number of aryl methyl sites for hydroxylation is 1. The molecule has 2 amide bonds. The van der Waals surface area contributed by atoms with Crippen molar-refractivity contribution in [3.05, 3.63) is 29.3 Å². The van der Waals surface area contributed by atoms with Crippen molar-refractivity contribution in [3.8, 4) is 11.5 Å². The number of rotatable bonds is 3. The molecule has 1 atom stereocenters. The van der Waals surface area contributed by atoms with Crippen molar-refractivity contribution in [2.75, 3.05) is 23.6 Å². The molecule has 2 aliphatic rings. The maximum Gasteiger partial charge on any atom is 0.231 e. The second kappa shape index (κ2) is 5.79. The van der Waals surface area contributed by atoms with Crippen LogP contribution in [0, 0.1) is 12.8 Å². The highest BCUT2D eigenvalue weighted by atomic mass is 32.1. The predicted molar refractivity (Wildman–Crippen MR) is 88.5 cm³/mol. The van der Waals surface area contributed by atoms with Crippen molar-refractivity contribution in [3.63, 3.8) is 0 Å². The van der Waals surface area contributed by atoms with Crippen LogP contribution < -0.4 is 19.7 Å². The van der Waals surface area contributed by atoms with Gasteiger partial charge in [-0.2, -0.15) is 0 Å². The Morgan fingerprint density at radius 2 is 2.21 bits per heavy atom. The summed E-state index contributed by atoms with van der Waals surface area (Å²) in [5, 5.41) is 5.21. The van der Waals surface area contributed by atoms with E-state index in [4.69, 9.17) is 9.47 Å². The standard InChI is InChI=1S/C16H15N3O4S/c1-9-7-24-16(17-9)18-15(21)10-4-14(20)19(6-10)11-2-3-12-13(5-11)23-8-22-12/h2-3,5,7,10H,4,6,8H2,1H3,(H,17,18,21)/t10-/m1/s1. The summed E-state index contributed by atoms with van der Waals surface area (Å²) in [4.78, 5) is 30.5. The topological polar surface area (TPSA) is 80.8 Å². The van der Waals surface area contributed by atoms with Crippen LogP contribution in [0.3, 0.4) is 0 Å². The third-order valence-electron chi connectivity index (χ3n) is 4.01. The number of carbonyl (C=O) groups is 2. The Labute approximate surface area is 142 Å². The number of ether oxygens (including phenoxy) is 2. The van der Waals surface area contributed by atoms with E-state index in [-0.39, 0.29) is 25.0 Å². The van der Waals surface area contributed by atoms with Crippen LogP contribution in [0.25, 0.3) is 0 Å². The van der Waals surface area contributed by atoms with Gasteiger partial charge in [-0.1, -0.05) is 0 Å². The average Bonchev–Trinajstić information content (AvgIpc) is 3.26. The zero-order valence-corrected chi connectivity index (χ0v) is 13.8. The van der Waals surface area contributed by atoms with Crippen LogP contribution in [0.2, 0.25) is 0 Å². The first-order valence-corrected chi connectivity index (χ1v) is 8.41. The number of nitrogens with one attached hydrogen (secondary N) is 1. The van der Waals surface area contributed by atoms with Crippen LogP contribution in [0.15, 0.2) is 23.6 Å². The number of aromatic nitrogens is 1. The lowest BCUT2D eigenvalue weighted by Gasteiger charge is -2.17. The SMILES string of the molecule is Cc1csc(NC(=O)[C@@H]2CC(=O)N(c3ccc4c(c3)OCO4)C2)n1. The largest absolute Gasteiger partial charge is 0.454 e. The molecule has 1 saturated heterocycles. The Bertz CT molecular complexity index is 819. The van der Waals surface area contributed by atoms with Gasteiger partial charge in [0.05, 0.1) is 11.6 Å². The number of anilines is 2. The number of hydrogen-bond acceptors (Lipinski definition) is 6. The molecule has 7 nitrogen and oxygen atoms in total. The lowest BCUT2D eigenvalue weighted by molar-refractivity contribution is -0.122. The number of amides is 2. The van der Waals surface area contributed by atoms with Gasteiger partial charge in [0.1, 0.15) is 0 Å². The third kappa shape index (κ3) is 2.69. The van der Waals surface area contributed by atoms with Crippen molar-refractivity contribution in [1.29, 1.82) is 0 Å². The number of fused-ring (bicyclic) bond motifs is 1. The molecule has 24 heavy (non-hydrogen) atoms. The highest BCUT2D eigenvalue weighted by molar-refractivity contribution is 7.13. The van der Waals surface area contributed by atoms with E-state index < -0.39 is 5.92 Å². The van der Waals surface area contributed by atoms with E-state index in [1.165, 1.54) is 11.3 Å². The molecule has 2 aliphatic heterocycles. The molecule has 0 unspecified atom stereocenters. The third-order valence-corrected chi connectivity index (χ3v) is 4.89. The van der Waals surface area contributed by atoms with E-state index in [1.807, 2.05) is 12.3 Å². The minimum Gasteiger partial charge on any atom is -0.454 e. The van der Waals surface area contributed by atoms with Crippen LogP contribution in [0.1, 0.15) is 12.1 Å². The van der Waals surface area contributed by atoms with Crippen LogP contribution in [-0.4, -0.2) is 30.1 Å². The first kappa shape index (κ1) is 14.9. The number of carbonyl (C=O) groups excluding carboxylic acids is 2. The van der Waals surface area contributed by atoms with Gasteiger partial charge in [0.15, 0.2) is 16.6 Å². The summed E-state index contributed by atoms with van der Waals surface area (Å²) in [7, 11) is 0. The Morgan fingerprint density at radius 3 is 3.00 bits per heavy atom. The Kier molecular flexibility index (Phi) is 3.61. The van der Waals surface area contributed by atoms with Gasteiger partial charge in [0.2, 0.25) is 18.6 Å². The molecule has 0 bridgehead atoms. The first-order chi connectivity index (χ1) is 11.6. The van der Waals surface area contributed by atoms with Crippen molar-refractivity contribution in [2.45, 2.75) is 13.3 Å². The summed E-state index contributed by atoms with van der Waals surface area (Å²) in [6.45, 7) is 2.40. The fraction of sp³-hybridized carbons (Fsp3) is 0.312. The molecule has 1 N–H and O–H groups in total. The Balaban J connectivity index is 1.47. The van der Waals surface area contributed by atoms with Gasteiger partial charge >= 0.3 is 0 Å². The summed E-state index contributed by atoms with van der Waals surface area (Å²) in [5.74, 6) is 0.627. The molecule has 0 saturated carbocycles. The maximum atomic E-state index is 12.4. The average molecular weight is 345 g/mol. The molecule has 1 fully saturated rings. The van der Waals surface area contributed by atoms with Gasteiger partial charge in [-0.3, -0.25) is 9.59 Å². The molecule has 8 heteroatoms. The zero-order chi connectivity index (χ0) is 16.7. The van der Waals surface area contributed by atoms with Crippen LogP contribution in [-0.2, 0) is 9.59 Å². The normalized spacial score (nSPS) is 19.0. The Morgan fingerprint density at radius 1 is 1.38 bits per heavy atom. The molecular formula is C16H15N3O4S. The minimum absolute atomic E-state index is 0.0793. The first-order valence-electron chi connectivity index (χ1n) is 7.53. The van der Waals surface area contributed by atoms with Gasteiger partial charge in [-0.15, -0.1) is 11.3 Å². The molecular weight excluding hydrogens is 330 g/mol. The van der Waals surface area contributed by atoms with Gasteiger partial charge < -0.3 is 19.7 Å². The molecule has 0 spiro atoms. The van der Waals surface area contributed by atoms with Gasteiger partial charge in [0, 0.05) is 30.1 Å². The van der Waals surface area contributed by atoms with E-state index in [0.29, 0.717) is 28.9 Å². The van der Waals surface area contributed by atoms with Gasteiger partial charge in [0.25, 0.3) is 0 Å². The quantitative estimate of drug-likeness (QED) is 0.922. The summed E-state index contributed by atoms with van der Waals surface area (Å²) >= 11 is 1.38. The van der Waals surface area contributed by atoms with Crippen LogP contribution in [0.5, 0.6) is 11.5 Å². The molecule has 0 radical (unpaired) electrons. The highest BCUT2D eigenvalue weighted by Gasteiger charge is 2.36. The van der Waals surface area contributed by atoms with E-state index in [1.54, 1.807) is 23.1 Å². The summed E-state index contributed by atoms with van der Waals surface area (Å²) in [6.07, 6.45) is 0.185. The van der Waals surface area contributed by atoms with E-state index in [0.717, 1.165) is 5.69 Å². The molecule has 2 aromatic rings. The number of benzene rings is 1. The zero-order valence-electron chi connectivity index (χ0n) is 12.9. The minimum atomic E-state index is -0.396. The van der Waals surface area contributed by atoms with Gasteiger partial charge in [-0.05, 0) is 19.1 Å². The second-order valence-corrected chi connectivity index (χ2v) is 6.58. The lowest BCUT2D eigenvalue weighted by atomic mass is 10.1. The summed E-state index contributed by atoms with van der Waals surface area (Å²) in [5.41, 5.74) is 1.57. The van der Waals surface area contributed by atoms with Crippen molar-refractivity contribution in [2.24, 2.45) is 5.92 Å². The van der Waals surface area contributed by atoms with E-state index in [9.17, 15) is 9.59 Å². The smallest absolute Gasteiger partial charge is 0.231 e. The number of hydrogen-bond donors (Lipinski definition) is 1. The Hall–Kier alpha value is -2.61. The molecule has 4 rings (SSSR count). The predicted octanol–water partition coefficient (Wildman–Crippen LogP) is 2.17. The van der Waals surface area contributed by atoms with Gasteiger partial charge in [-0.25, -0.2) is 4.98 Å². The van der Waals surface area contributed by atoms with Crippen molar-refractivity contribution in [1.82, 2.24) is 4.98 Å². The van der Waals surface area contributed by atoms with Crippen molar-refractivity contribution < 1.29 is 19.1 Å². The molecule has 1 aromatic carbocycles. The molecule has 124 valence electrons.